The number of benzene rings is 1. The molecule has 106 valence electrons. The average molecular weight is 329 g/mol. The summed E-state index contributed by atoms with van der Waals surface area (Å²) in [4.78, 5) is 2.46. The quantitative estimate of drug-likeness (QED) is 0.919. The monoisotopic (exact) mass is 328 g/mol. The molecule has 2 N–H and O–H groups in total. The van der Waals surface area contributed by atoms with Gasteiger partial charge in [0.05, 0.1) is 4.47 Å². The van der Waals surface area contributed by atoms with Gasteiger partial charge < -0.3 is 5.73 Å². The molecule has 1 saturated heterocycles. The molecule has 1 fully saturated rings. The van der Waals surface area contributed by atoms with Crippen LogP contribution in [0.5, 0.6) is 0 Å². The summed E-state index contributed by atoms with van der Waals surface area (Å²) in [5, 5.41) is 0. The predicted octanol–water partition coefficient (Wildman–Crippen LogP) is 3.57. The lowest BCUT2D eigenvalue weighted by atomic mass is 9.86. The maximum Gasteiger partial charge on any atom is 0.137 e. The molecule has 1 heterocycles. The Hall–Kier alpha value is -0.450. The summed E-state index contributed by atoms with van der Waals surface area (Å²) < 4.78 is 13.8. The molecule has 19 heavy (non-hydrogen) atoms. The number of nitrogens with zero attached hydrogens (tertiary/aromatic N) is 1. The second-order valence-electron chi connectivity index (χ2n) is 5.61. The Kier molecular flexibility index (Phi) is 4.98. The number of halogens is 2. The van der Waals surface area contributed by atoms with Crippen LogP contribution in [-0.2, 0) is 0 Å². The van der Waals surface area contributed by atoms with E-state index in [1.807, 2.05) is 12.1 Å². The molecular formula is C15H22BrFN2. The van der Waals surface area contributed by atoms with Crippen LogP contribution in [0.25, 0.3) is 0 Å². The van der Waals surface area contributed by atoms with Crippen molar-refractivity contribution in [1.29, 1.82) is 0 Å². The van der Waals surface area contributed by atoms with E-state index in [9.17, 15) is 4.39 Å². The smallest absolute Gasteiger partial charge is 0.137 e. The van der Waals surface area contributed by atoms with E-state index in [0.29, 0.717) is 22.4 Å². The van der Waals surface area contributed by atoms with Gasteiger partial charge in [-0.15, -0.1) is 0 Å². The number of hydrogen-bond donors (Lipinski definition) is 1. The van der Waals surface area contributed by atoms with Crippen LogP contribution in [0.2, 0.25) is 0 Å². The Bertz CT molecular complexity index is 438. The summed E-state index contributed by atoms with van der Waals surface area (Å²) in [5.41, 5.74) is 7.01. The molecule has 3 unspecified atom stereocenters. The van der Waals surface area contributed by atoms with Crippen molar-refractivity contribution in [1.82, 2.24) is 4.90 Å². The standard InChI is InChI=1S/C15H22BrFN2/c1-10-5-6-19(9-13(10)8-18)11(2)12-3-4-15(17)14(16)7-12/h3-4,7,10-11,13H,5-6,8-9,18H2,1-2H3. The molecule has 4 heteroatoms. The van der Waals surface area contributed by atoms with Gasteiger partial charge in [-0.1, -0.05) is 13.0 Å². The molecule has 1 aromatic rings. The molecule has 3 atom stereocenters. The van der Waals surface area contributed by atoms with Gasteiger partial charge in [0.1, 0.15) is 5.82 Å². The Morgan fingerprint density at radius 3 is 2.89 bits per heavy atom. The van der Waals surface area contributed by atoms with E-state index in [-0.39, 0.29) is 5.82 Å². The zero-order valence-electron chi connectivity index (χ0n) is 11.6. The third-order valence-corrected chi connectivity index (χ3v) is 5.03. The zero-order valence-corrected chi connectivity index (χ0v) is 13.2. The molecule has 2 nitrogen and oxygen atoms in total. The van der Waals surface area contributed by atoms with Crippen LogP contribution in [0, 0.1) is 17.7 Å². The first-order chi connectivity index (χ1) is 9.02. The molecule has 0 radical (unpaired) electrons. The van der Waals surface area contributed by atoms with Crippen molar-refractivity contribution >= 4 is 15.9 Å². The first-order valence-electron chi connectivity index (χ1n) is 6.92. The predicted molar refractivity (Wildman–Crippen MR) is 80.4 cm³/mol. The Morgan fingerprint density at radius 2 is 2.26 bits per heavy atom. The van der Waals surface area contributed by atoms with Gasteiger partial charge >= 0.3 is 0 Å². The van der Waals surface area contributed by atoms with E-state index in [0.717, 1.165) is 25.2 Å². The Balaban J connectivity index is 2.10. The molecular weight excluding hydrogens is 307 g/mol. The van der Waals surface area contributed by atoms with Gasteiger partial charge in [-0.05, 0) is 71.9 Å². The lowest BCUT2D eigenvalue weighted by Gasteiger charge is -2.40. The van der Waals surface area contributed by atoms with Gasteiger partial charge in [0.25, 0.3) is 0 Å². The van der Waals surface area contributed by atoms with Crippen LogP contribution in [-0.4, -0.2) is 24.5 Å². The van der Waals surface area contributed by atoms with Crippen LogP contribution in [0.4, 0.5) is 4.39 Å². The highest BCUT2D eigenvalue weighted by Gasteiger charge is 2.28. The molecule has 0 bridgehead atoms. The minimum absolute atomic E-state index is 0.206. The fourth-order valence-corrected chi connectivity index (χ4v) is 3.22. The molecule has 1 aliphatic rings. The molecule has 2 rings (SSSR count). The van der Waals surface area contributed by atoms with Crippen molar-refractivity contribution in [3.05, 3.63) is 34.1 Å². The second-order valence-corrected chi connectivity index (χ2v) is 6.46. The van der Waals surface area contributed by atoms with Crippen LogP contribution >= 0.6 is 15.9 Å². The topological polar surface area (TPSA) is 29.3 Å². The molecule has 0 spiro atoms. The van der Waals surface area contributed by atoms with Crippen LogP contribution in [0.15, 0.2) is 22.7 Å². The highest BCUT2D eigenvalue weighted by atomic mass is 79.9. The van der Waals surface area contributed by atoms with E-state index in [4.69, 9.17) is 5.73 Å². The first kappa shape index (κ1) is 14.9. The van der Waals surface area contributed by atoms with Gasteiger partial charge in [0, 0.05) is 12.6 Å². The van der Waals surface area contributed by atoms with E-state index in [1.54, 1.807) is 0 Å². The third kappa shape index (κ3) is 3.36. The van der Waals surface area contributed by atoms with E-state index >= 15 is 0 Å². The van der Waals surface area contributed by atoms with Gasteiger partial charge in [0.15, 0.2) is 0 Å². The SMILES string of the molecule is CC1CCN(C(C)c2ccc(F)c(Br)c2)CC1CN. The minimum atomic E-state index is -0.206. The fourth-order valence-electron chi connectivity index (χ4n) is 2.82. The van der Waals surface area contributed by atoms with E-state index in [2.05, 4.69) is 34.7 Å². The number of nitrogens with two attached hydrogens (primary N) is 1. The van der Waals surface area contributed by atoms with Gasteiger partial charge in [-0.3, -0.25) is 4.90 Å². The van der Waals surface area contributed by atoms with Gasteiger partial charge in [-0.25, -0.2) is 4.39 Å². The molecule has 1 aliphatic heterocycles. The molecule has 0 aliphatic carbocycles. The van der Waals surface area contributed by atoms with Crippen molar-refractivity contribution in [2.75, 3.05) is 19.6 Å². The van der Waals surface area contributed by atoms with Crippen LogP contribution in [0.3, 0.4) is 0 Å². The summed E-state index contributed by atoms with van der Waals surface area (Å²) in [6, 6.07) is 5.59. The fraction of sp³-hybridized carbons (Fsp3) is 0.600. The van der Waals surface area contributed by atoms with Crippen molar-refractivity contribution in [2.24, 2.45) is 17.6 Å². The number of rotatable bonds is 3. The number of likely N-dealkylation sites (tertiary alicyclic amines) is 1. The lowest BCUT2D eigenvalue weighted by Crippen LogP contribution is -2.43. The highest BCUT2D eigenvalue weighted by molar-refractivity contribution is 9.10. The Labute approximate surface area is 123 Å². The van der Waals surface area contributed by atoms with Crippen molar-refractivity contribution < 1.29 is 4.39 Å². The summed E-state index contributed by atoms with van der Waals surface area (Å²) >= 11 is 3.26. The minimum Gasteiger partial charge on any atom is -0.330 e. The average Bonchev–Trinajstić information content (AvgIpc) is 2.41. The zero-order chi connectivity index (χ0) is 14.0. The normalized spacial score (nSPS) is 26.4. The summed E-state index contributed by atoms with van der Waals surface area (Å²) in [6.45, 7) is 7.34. The highest BCUT2D eigenvalue weighted by Crippen LogP contribution is 2.30. The number of hydrogen-bond acceptors (Lipinski definition) is 2. The van der Waals surface area contributed by atoms with Crippen molar-refractivity contribution in [2.45, 2.75) is 26.3 Å². The summed E-state index contributed by atoms with van der Waals surface area (Å²) in [5.74, 6) is 1.07. The van der Waals surface area contributed by atoms with Crippen LogP contribution < -0.4 is 5.73 Å². The van der Waals surface area contributed by atoms with Gasteiger partial charge in [0.2, 0.25) is 0 Å². The van der Waals surface area contributed by atoms with Crippen LogP contribution in [0.1, 0.15) is 31.9 Å². The van der Waals surface area contributed by atoms with E-state index in [1.165, 1.54) is 12.5 Å². The molecule has 0 amide bonds. The maximum atomic E-state index is 13.3. The second kappa shape index (κ2) is 6.33. The largest absolute Gasteiger partial charge is 0.330 e. The molecule has 1 aromatic carbocycles. The molecule has 0 aromatic heterocycles. The van der Waals surface area contributed by atoms with E-state index < -0.39 is 0 Å². The van der Waals surface area contributed by atoms with Gasteiger partial charge in [-0.2, -0.15) is 0 Å². The van der Waals surface area contributed by atoms with Crippen molar-refractivity contribution in [3.63, 3.8) is 0 Å². The van der Waals surface area contributed by atoms with Crippen molar-refractivity contribution in [3.8, 4) is 0 Å². The lowest BCUT2D eigenvalue weighted by molar-refractivity contribution is 0.0978. The Morgan fingerprint density at radius 1 is 1.53 bits per heavy atom. The summed E-state index contributed by atoms with van der Waals surface area (Å²) in [6.07, 6.45) is 1.19. The maximum absolute atomic E-state index is 13.3. The first-order valence-corrected chi connectivity index (χ1v) is 7.71. The number of piperidine rings is 1. The summed E-state index contributed by atoms with van der Waals surface area (Å²) in [7, 11) is 0. The third-order valence-electron chi connectivity index (χ3n) is 4.42. The molecule has 0 saturated carbocycles.